The minimum atomic E-state index is 0.210. The Bertz CT molecular complexity index is 625. The van der Waals surface area contributed by atoms with Gasteiger partial charge in [-0.25, -0.2) is 0 Å². The zero-order valence-corrected chi connectivity index (χ0v) is 13.6. The normalized spacial score (nSPS) is 12.2. The van der Waals surface area contributed by atoms with Crippen LogP contribution in [0.3, 0.4) is 0 Å². The molecule has 0 aliphatic heterocycles. The van der Waals surface area contributed by atoms with Crippen LogP contribution in [0.2, 0.25) is 5.02 Å². The molecule has 0 saturated carbocycles. The van der Waals surface area contributed by atoms with Crippen molar-refractivity contribution in [1.29, 1.82) is 0 Å². The van der Waals surface area contributed by atoms with Crippen LogP contribution < -0.4 is 10.5 Å². The fourth-order valence-corrected chi connectivity index (χ4v) is 2.36. The Kier molecular flexibility index (Phi) is 5.27. The zero-order valence-electron chi connectivity index (χ0n) is 12.8. The summed E-state index contributed by atoms with van der Waals surface area (Å²) >= 11 is 6.16. The van der Waals surface area contributed by atoms with Gasteiger partial charge in [-0.05, 0) is 67.6 Å². The summed E-state index contributed by atoms with van der Waals surface area (Å²) in [5.74, 6) is 1.49. The van der Waals surface area contributed by atoms with Crippen LogP contribution in [-0.2, 0) is 6.42 Å². The Labute approximate surface area is 131 Å². The maximum Gasteiger partial charge on any atom is 0.146 e. The standard InChI is InChI=1S/C18H22ClNO/c1-4-15(20)11-14-6-7-16(10-13(14)3)21-18-9-12(2)5-8-17(18)19/h5-10,15H,4,11,20H2,1-3H3. The molecule has 0 aliphatic carbocycles. The van der Waals surface area contributed by atoms with E-state index in [0.29, 0.717) is 10.8 Å². The fraction of sp³-hybridized carbons (Fsp3) is 0.333. The van der Waals surface area contributed by atoms with Crippen molar-refractivity contribution in [1.82, 2.24) is 0 Å². The van der Waals surface area contributed by atoms with Crippen molar-refractivity contribution in [2.75, 3.05) is 0 Å². The molecule has 0 aliphatic rings. The maximum absolute atomic E-state index is 6.16. The van der Waals surface area contributed by atoms with Crippen molar-refractivity contribution < 1.29 is 4.74 Å². The fourth-order valence-electron chi connectivity index (χ4n) is 2.20. The second kappa shape index (κ2) is 6.97. The predicted molar refractivity (Wildman–Crippen MR) is 89.4 cm³/mol. The van der Waals surface area contributed by atoms with Gasteiger partial charge in [0, 0.05) is 6.04 Å². The molecule has 1 atom stereocenters. The molecule has 0 amide bonds. The molecule has 3 heteroatoms. The Balaban J connectivity index is 2.18. The number of rotatable bonds is 5. The van der Waals surface area contributed by atoms with E-state index in [0.717, 1.165) is 24.2 Å². The first kappa shape index (κ1) is 15.9. The predicted octanol–water partition coefficient (Wildman–Crippen LogP) is 5.03. The van der Waals surface area contributed by atoms with E-state index in [-0.39, 0.29) is 6.04 Å². The topological polar surface area (TPSA) is 35.2 Å². The van der Waals surface area contributed by atoms with Crippen LogP contribution in [0.25, 0.3) is 0 Å². The largest absolute Gasteiger partial charge is 0.456 e. The second-order valence-corrected chi connectivity index (χ2v) is 5.90. The molecule has 0 saturated heterocycles. The van der Waals surface area contributed by atoms with Crippen LogP contribution in [-0.4, -0.2) is 6.04 Å². The third kappa shape index (κ3) is 4.23. The summed E-state index contributed by atoms with van der Waals surface area (Å²) in [5.41, 5.74) is 9.61. The van der Waals surface area contributed by atoms with E-state index >= 15 is 0 Å². The third-order valence-electron chi connectivity index (χ3n) is 3.64. The molecule has 2 aromatic rings. The summed E-state index contributed by atoms with van der Waals surface area (Å²) in [6.45, 7) is 6.21. The van der Waals surface area contributed by atoms with Gasteiger partial charge in [-0.1, -0.05) is 30.7 Å². The lowest BCUT2D eigenvalue weighted by Gasteiger charge is -2.14. The molecule has 2 N–H and O–H groups in total. The maximum atomic E-state index is 6.16. The van der Waals surface area contributed by atoms with Gasteiger partial charge in [0.15, 0.2) is 0 Å². The summed E-state index contributed by atoms with van der Waals surface area (Å²) in [7, 11) is 0. The average Bonchev–Trinajstić information content (AvgIpc) is 2.45. The van der Waals surface area contributed by atoms with Crippen molar-refractivity contribution in [3.63, 3.8) is 0 Å². The summed E-state index contributed by atoms with van der Waals surface area (Å²) in [6.07, 6.45) is 1.88. The number of ether oxygens (including phenoxy) is 1. The van der Waals surface area contributed by atoms with Gasteiger partial charge in [0.2, 0.25) is 0 Å². The number of hydrogen-bond donors (Lipinski definition) is 1. The first-order chi connectivity index (χ1) is 9.99. The molecule has 112 valence electrons. The van der Waals surface area contributed by atoms with Crippen LogP contribution >= 0.6 is 11.6 Å². The highest BCUT2D eigenvalue weighted by Crippen LogP contribution is 2.31. The number of nitrogens with two attached hydrogens (primary N) is 1. The third-order valence-corrected chi connectivity index (χ3v) is 3.95. The molecule has 0 radical (unpaired) electrons. The minimum Gasteiger partial charge on any atom is -0.456 e. The quantitative estimate of drug-likeness (QED) is 0.841. The van der Waals surface area contributed by atoms with Gasteiger partial charge >= 0.3 is 0 Å². The van der Waals surface area contributed by atoms with Crippen molar-refractivity contribution in [3.05, 3.63) is 58.1 Å². The molecule has 1 unspecified atom stereocenters. The summed E-state index contributed by atoms with van der Waals surface area (Å²) in [4.78, 5) is 0. The first-order valence-electron chi connectivity index (χ1n) is 7.28. The van der Waals surface area contributed by atoms with E-state index in [2.05, 4.69) is 19.9 Å². The van der Waals surface area contributed by atoms with Gasteiger partial charge in [-0.2, -0.15) is 0 Å². The van der Waals surface area contributed by atoms with Crippen LogP contribution in [0.15, 0.2) is 36.4 Å². The highest BCUT2D eigenvalue weighted by molar-refractivity contribution is 6.32. The highest BCUT2D eigenvalue weighted by atomic mass is 35.5. The molecular weight excluding hydrogens is 282 g/mol. The number of aryl methyl sites for hydroxylation is 2. The Morgan fingerprint density at radius 2 is 1.90 bits per heavy atom. The van der Waals surface area contributed by atoms with E-state index in [9.17, 15) is 0 Å². The van der Waals surface area contributed by atoms with Gasteiger partial charge in [0.1, 0.15) is 11.5 Å². The summed E-state index contributed by atoms with van der Waals surface area (Å²) < 4.78 is 5.89. The van der Waals surface area contributed by atoms with Gasteiger partial charge in [-0.15, -0.1) is 0 Å². The van der Waals surface area contributed by atoms with E-state index in [1.54, 1.807) is 0 Å². The molecular formula is C18H22ClNO. The van der Waals surface area contributed by atoms with Crippen molar-refractivity contribution in [2.45, 2.75) is 39.7 Å². The molecule has 0 heterocycles. The zero-order chi connectivity index (χ0) is 15.4. The lowest BCUT2D eigenvalue weighted by atomic mass is 10.00. The summed E-state index contributed by atoms with van der Waals surface area (Å²) in [6, 6.07) is 12.1. The van der Waals surface area contributed by atoms with E-state index in [4.69, 9.17) is 22.1 Å². The molecule has 0 fully saturated rings. The molecule has 0 spiro atoms. The van der Waals surface area contributed by atoms with E-state index in [1.807, 2.05) is 37.3 Å². The molecule has 21 heavy (non-hydrogen) atoms. The average molecular weight is 304 g/mol. The highest BCUT2D eigenvalue weighted by Gasteiger charge is 2.08. The molecule has 2 aromatic carbocycles. The SMILES string of the molecule is CCC(N)Cc1ccc(Oc2cc(C)ccc2Cl)cc1C. The van der Waals surface area contributed by atoms with Crippen LogP contribution in [0, 0.1) is 13.8 Å². The monoisotopic (exact) mass is 303 g/mol. The summed E-state index contributed by atoms with van der Waals surface area (Å²) in [5, 5.41) is 0.621. The van der Waals surface area contributed by atoms with Gasteiger partial charge in [0.25, 0.3) is 0 Å². The molecule has 0 bridgehead atoms. The van der Waals surface area contributed by atoms with Gasteiger partial charge < -0.3 is 10.5 Å². The Morgan fingerprint density at radius 3 is 2.57 bits per heavy atom. The first-order valence-corrected chi connectivity index (χ1v) is 7.66. The molecule has 2 nitrogen and oxygen atoms in total. The Hall–Kier alpha value is -1.51. The lowest BCUT2D eigenvalue weighted by Crippen LogP contribution is -2.21. The van der Waals surface area contributed by atoms with Crippen molar-refractivity contribution in [2.24, 2.45) is 5.73 Å². The van der Waals surface area contributed by atoms with E-state index in [1.165, 1.54) is 11.1 Å². The number of hydrogen-bond acceptors (Lipinski definition) is 2. The van der Waals surface area contributed by atoms with Crippen molar-refractivity contribution in [3.8, 4) is 11.5 Å². The minimum absolute atomic E-state index is 0.210. The molecule has 2 rings (SSSR count). The molecule has 0 aromatic heterocycles. The van der Waals surface area contributed by atoms with Gasteiger partial charge in [0.05, 0.1) is 5.02 Å². The van der Waals surface area contributed by atoms with E-state index < -0.39 is 0 Å². The van der Waals surface area contributed by atoms with Crippen LogP contribution in [0.5, 0.6) is 11.5 Å². The number of benzene rings is 2. The Morgan fingerprint density at radius 1 is 1.14 bits per heavy atom. The lowest BCUT2D eigenvalue weighted by molar-refractivity contribution is 0.481. The second-order valence-electron chi connectivity index (χ2n) is 5.50. The van der Waals surface area contributed by atoms with Gasteiger partial charge in [-0.3, -0.25) is 0 Å². The smallest absolute Gasteiger partial charge is 0.146 e. The van der Waals surface area contributed by atoms with Crippen LogP contribution in [0.1, 0.15) is 30.0 Å². The van der Waals surface area contributed by atoms with Crippen LogP contribution in [0.4, 0.5) is 0 Å². The number of halogens is 1. The van der Waals surface area contributed by atoms with Crippen molar-refractivity contribution >= 4 is 11.6 Å².